The number of urea groups is 1. The van der Waals surface area contributed by atoms with Crippen LogP contribution in [0, 0.1) is 0 Å². The number of carbonyl (C=O) groups excluding carboxylic acids is 1. The van der Waals surface area contributed by atoms with Crippen LogP contribution in [0.2, 0.25) is 0 Å². The van der Waals surface area contributed by atoms with Crippen molar-refractivity contribution in [3.05, 3.63) is 12.7 Å². The number of rotatable bonds is 2. The van der Waals surface area contributed by atoms with Gasteiger partial charge in [-0.05, 0) is 20.8 Å². The summed E-state index contributed by atoms with van der Waals surface area (Å²) in [4.78, 5) is 12.5. The van der Waals surface area contributed by atoms with Crippen molar-refractivity contribution in [1.29, 1.82) is 0 Å². The highest BCUT2D eigenvalue weighted by molar-refractivity contribution is 5.73. The average Bonchev–Trinajstić information content (AvgIpc) is 1.96. The molecule has 0 atom stereocenters. The quantitative estimate of drug-likeness (QED) is 0.375. The van der Waals surface area contributed by atoms with Gasteiger partial charge in [-0.25, -0.2) is 10.3 Å². The Morgan fingerprint density at radius 3 is 2.42 bits per heavy atom. The van der Waals surface area contributed by atoms with E-state index in [0.29, 0.717) is 6.54 Å². The third-order valence-electron chi connectivity index (χ3n) is 1.46. The molecule has 4 nitrogen and oxygen atoms in total. The van der Waals surface area contributed by atoms with Crippen LogP contribution in [-0.2, 0) is 0 Å². The third-order valence-corrected chi connectivity index (χ3v) is 1.46. The monoisotopic (exact) mass is 172 g/mol. The Morgan fingerprint density at radius 2 is 2.17 bits per heavy atom. The fourth-order valence-corrected chi connectivity index (χ4v) is 0.851. The van der Waals surface area contributed by atoms with Gasteiger partial charge in [0.25, 0.3) is 0 Å². The predicted octanol–water partition coefficient (Wildman–Crippen LogP) is 1.37. The summed E-state index contributed by atoms with van der Waals surface area (Å²) >= 11 is 0. The Balaban J connectivity index is 4.43. The summed E-state index contributed by atoms with van der Waals surface area (Å²) in [5.74, 6) is 0. The van der Waals surface area contributed by atoms with Gasteiger partial charge in [0.2, 0.25) is 0 Å². The molecule has 0 aromatic rings. The highest BCUT2D eigenvalue weighted by Gasteiger charge is 2.24. The van der Waals surface area contributed by atoms with E-state index in [2.05, 4.69) is 6.58 Å². The van der Waals surface area contributed by atoms with Crippen molar-refractivity contribution >= 4 is 6.03 Å². The second kappa shape index (κ2) is 4.11. The minimum Gasteiger partial charge on any atom is -0.315 e. The standard InChI is InChI=1S/C8H16N2O2/c1-5-6-10(7(11)9-12)8(2,3)4/h5,12H,1,6H2,2-4H3,(H,9,11). The lowest BCUT2D eigenvalue weighted by Gasteiger charge is -2.33. The molecule has 0 aliphatic rings. The summed E-state index contributed by atoms with van der Waals surface area (Å²) in [5, 5.41) is 8.42. The fourth-order valence-electron chi connectivity index (χ4n) is 0.851. The van der Waals surface area contributed by atoms with Crippen molar-refractivity contribution in [2.75, 3.05) is 6.54 Å². The van der Waals surface area contributed by atoms with Crippen LogP contribution in [-0.4, -0.2) is 28.2 Å². The van der Waals surface area contributed by atoms with Gasteiger partial charge in [0, 0.05) is 12.1 Å². The first kappa shape index (κ1) is 11.0. The molecule has 2 N–H and O–H groups in total. The summed E-state index contributed by atoms with van der Waals surface area (Å²) in [6.45, 7) is 9.58. The van der Waals surface area contributed by atoms with E-state index in [9.17, 15) is 4.79 Å². The molecule has 0 saturated heterocycles. The number of hydrogen-bond acceptors (Lipinski definition) is 2. The summed E-state index contributed by atoms with van der Waals surface area (Å²) in [7, 11) is 0. The molecule has 0 unspecified atom stereocenters. The van der Waals surface area contributed by atoms with Crippen molar-refractivity contribution in [3.63, 3.8) is 0 Å². The van der Waals surface area contributed by atoms with Crippen molar-refractivity contribution in [3.8, 4) is 0 Å². The molecule has 0 radical (unpaired) electrons. The summed E-state index contributed by atoms with van der Waals surface area (Å²) in [5.41, 5.74) is 1.28. The minimum atomic E-state index is -0.512. The molecule has 0 aliphatic heterocycles. The van der Waals surface area contributed by atoms with Gasteiger partial charge in [-0.1, -0.05) is 6.08 Å². The molecule has 0 bridgehead atoms. The van der Waals surface area contributed by atoms with E-state index in [-0.39, 0.29) is 5.54 Å². The first-order valence-corrected chi connectivity index (χ1v) is 3.76. The first-order valence-electron chi connectivity index (χ1n) is 3.76. The highest BCUT2D eigenvalue weighted by atomic mass is 16.5. The third kappa shape index (κ3) is 2.92. The number of nitrogens with one attached hydrogen (secondary N) is 1. The van der Waals surface area contributed by atoms with Crippen LogP contribution in [0.3, 0.4) is 0 Å². The van der Waals surface area contributed by atoms with Gasteiger partial charge in [-0.3, -0.25) is 5.21 Å². The normalized spacial score (nSPS) is 10.7. The molecular weight excluding hydrogens is 156 g/mol. The Kier molecular flexibility index (Phi) is 3.76. The van der Waals surface area contributed by atoms with Gasteiger partial charge in [0.1, 0.15) is 0 Å². The Bertz CT molecular complexity index is 172. The molecule has 0 aliphatic carbocycles. The maximum atomic E-state index is 11.1. The molecule has 12 heavy (non-hydrogen) atoms. The number of carbonyl (C=O) groups is 1. The smallest absolute Gasteiger partial charge is 0.315 e. The van der Waals surface area contributed by atoms with Crippen LogP contribution in [0.15, 0.2) is 12.7 Å². The lowest BCUT2D eigenvalue weighted by molar-refractivity contribution is 0.103. The zero-order valence-corrected chi connectivity index (χ0v) is 7.79. The zero-order valence-electron chi connectivity index (χ0n) is 7.79. The molecule has 0 aromatic carbocycles. The van der Waals surface area contributed by atoms with Crippen LogP contribution < -0.4 is 5.48 Å². The van der Waals surface area contributed by atoms with Gasteiger partial charge in [-0.15, -0.1) is 6.58 Å². The molecule has 70 valence electrons. The predicted molar refractivity (Wildman–Crippen MR) is 47.0 cm³/mol. The SMILES string of the molecule is C=CCN(C(=O)NO)C(C)(C)C. The van der Waals surface area contributed by atoms with Gasteiger partial charge in [0.05, 0.1) is 0 Å². The Labute approximate surface area is 72.8 Å². The zero-order chi connectivity index (χ0) is 9.78. The summed E-state index contributed by atoms with van der Waals surface area (Å²) < 4.78 is 0. The Morgan fingerprint density at radius 1 is 1.67 bits per heavy atom. The molecule has 0 spiro atoms. The summed E-state index contributed by atoms with van der Waals surface area (Å²) in [6.07, 6.45) is 1.61. The van der Waals surface area contributed by atoms with E-state index < -0.39 is 6.03 Å². The van der Waals surface area contributed by atoms with E-state index in [1.54, 1.807) is 11.6 Å². The molecule has 0 heterocycles. The van der Waals surface area contributed by atoms with Gasteiger partial charge < -0.3 is 4.90 Å². The van der Waals surface area contributed by atoms with Crippen molar-refractivity contribution in [2.24, 2.45) is 0 Å². The van der Waals surface area contributed by atoms with Crippen LogP contribution in [0.5, 0.6) is 0 Å². The average molecular weight is 172 g/mol. The van der Waals surface area contributed by atoms with Crippen molar-refractivity contribution in [2.45, 2.75) is 26.3 Å². The molecule has 0 rings (SSSR count). The van der Waals surface area contributed by atoms with Crippen molar-refractivity contribution < 1.29 is 10.0 Å². The largest absolute Gasteiger partial charge is 0.341 e. The lowest BCUT2D eigenvalue weighted by atomic mass is 10.1. The van der Waals surface area contributed by atoms with Crippen molar-refractivity contribution in [1.82, 2.24) is 10.4 Å². The Hall–Kier alpha value is -1.03. The number of nitrogens with zero attached hydrogens (tertiary/aromatic N) is 1. The topological polar surface area (TPSA) is 52.6 Å². The van der Waals surface area contributed by atoms with Gasteiger partial charge in [0.15, 0.2) is 0 Å². The number of hydroxylamine groups is 1. The van der Waals surface area contributed by atoms with E-state index in [0.717, 1.165) is 0 Å². The summed E-state index contributed by atoms with van der Waals surface area (Å²) in [6, 6.07) is -0.512. The fraction of sp³-hybridized carbons (Fsp3) is 0.625. The lowest BCUT2D eigenvalue weighted by Crippen LogP contribution is -2.49. The molecule has 0 saturated carbocycles. The van der Waals surface area contributed by atoms with Crippen LogP contribution in [0.4, 0.5) is 4.79 Å². The van der Waals surface area contributed by atoms with Gasteiger partial charge >= 0.3 is 6.03 Å². The van der Waals surface area contributed by atoms with E-state index in [1.807, 2.05) is 20.8 Å². The van der Waals surface area contributed by atoms with E-state index >= 15 is 0 Å². The van der Waals surface area contributed by atoms with Crippen LogP contribution >= 0.6 is 0 Å². The van der Waals surface area contributed by atoms with Gasteiger partial charge in [-0.2, -0.15) is 0 Å². The maximum Gasteiger partial charge on any atom is 0.341 e. The maximum absolute atomic E-state index is 11.1. The molecule has 4 heteroatoms. The van der Waals surface area contributed by atoms with Crippen LogP contribution in [0.25, 0.3) is 0 Å². The molecule has 2 amide bonds. The molecule has 0 fully saturated rings. The molecule has 0 aromatic heterocycles. The second-order valence-electron chi connectivity index (χ2n) is 3.49. The number of amides is 2. The first-order chi connectivity index (χ1) is 5.43. The molecular formula is C8H16N2O2. The minimum absolute atomic E-state index is 0.318. The highest BCUT2D eigenvalue weighted by Crippen LogP contribution is 2.12. The number of hydrogen-bond donors (Lipinski definition) is 2. The van der Waals surface area contributed by atoms with Crippen LogP contribution in [0.1, 0.15) is 20.8 Å². The van der Waals surface area contributed by atoms with E-state index in [1.165, 1.54) is 4.90 Å². The van der Waals surface area contributed by atoms with E-state index in [4.69, 9.17) is 5.21 Å². The second-order valence-corrected chi connectivity index (χ2v) is 3.49.